The minimum Gasteiger partial charge on any atom is -0.415 e. The van der Waals surface area contributed by atoms with Crippen molar-refractivity contribution in [3.8, 4) is 17.7 Å². The molecule has 0 amide bonds. The Morgan fingerprint density at radius 3 is 2.80 bits per heavy atom. The molecule has 0 fully saturated rings. The maximum Gasteiger partial charge on any atom is 0.419 e. The van der Waals surface area contributed by atoms with Crippen molar-refractivity contribution < 1.29 is 14.3 Å². The van der Waals surface area contributed by atoms with Crippen LogP contribution in [-0.2, 0) is 0 Å². The van der Waals surface area contributed by atoms with Crippen LogP contribution in [0, 0.1) is 16.5 Å². The highest BCUT2D eigenvalue weighted by molar-refractivity contribution is 5.31. The van der Waals surface area contributed by atoms with Crippen LogP contribution in [0.15, 0.2) is 35.0 Å². The van der Waals surface area contributed by atoms with Gasteiger partial charge in [0.2, 0.25) is 0 Å². The van der Waals surface area contributed by atoms with E-state index in [4.69, 9.17) is 10.00 Å². The average molecular weight is 203 g/mol. The molecular weight excluding hydrogens is 198 g/mol. The topological polar surface area (TPSA) is 86.0 Å². The Balaban J connectivity index is 2.30. The second-order valence-electron chi connectivity index (χ2n) is 2.61. The molecule has 0 unspecified atom stereocenters. The van der Waals surface area contributed by atoms with Gasteiger partial charge in [-0.1, -0.05) is 18.2 Å². The number of nitriles is 1. The van der Waals surface area contributed by atoms with Crippen molar-refractivity contribution in [2.45, 2.75) is 0 Å². The first-order valence-electron chi connectivity index (χ1n) is 4.04. The fourth-order valence-electron chi connectivity index (χ4n) is 0.992. The van der Waals surface area contributed by atoms with E-state index >= 15 is 0 Å². The number of hydrogen-bond acceptors (Lipinski definition) is 5. The number of ether oxygens (including phenoxy) is 1. The predicted molar refractivity (Wildman–Crippen MR) is 46.7 cm³/mol. The van der Waals surface area contributed by atoms with Crippen LogP contribution in [0.2, 0.25) is 0 Å². The zero-order valence-corrected chi connectivity index (χ0v) is 7.45. The standard InChI is InChI=1S/C9H5N3O3/c10-6-8-9(11-15-12(8)13)14-7-4-2-1-3-5-7/h1-5H. The van der Waals surface area contributed by atoms with E-state index < -0.39 is 0 Å². The summed E-state index contributed by atoms with van der Waals surface area (Å²) in [6.07, 6.45) is 0. The molecule has 74 valence electrons. The summed E-state index contributed by atoms with van der Waals surface area (Å²) in [5.74, 6) is 0.335. The van der Waals surface area contributed by atoms with Gasteiger partial charge in [-0.3, -0.25) is 4.63 Å². The van der Waals surface area contributed by atoms with Crippen molar-refractivity contribution in [1.29, 1.82) is 5.26 Å². The third kappa shape index (κ3) is 1.71. The van der Waals surface area contributed by atoms with Crippen LogP contribution >= 0.6 is 0 Å². The lowest BCUT2D eigenvalue weighted by molar-refractivity contribution is -0.804. The fraction of sp³-hybridized carbons (Fsp3) is 0. The molecule has 15 heavy (non-hydrogen) atoms. The van der Waals surface area contributed by atoms with E-state index in [1.54, 1.807) is 30.3 Å². The van der Waals surface area contributed by atoms with Crippen molar-refractivity contribution in [3.05, 3.63) is 41.2 Å². The van der Waals surface area contributed by atoms with Crippen molar-refractivity contribution >= 4 is 0 Å². The summed E-state index contributed by atoms with van der Waals surface area (Å²) in [7, 11) is 0. The lowest BCUT2D eigenvalue weighted by Gasteiger charge is -1.96. The minimum atomic E-state index is -0.307. The number of benzene rings is 1. The van der Waals surface area contributed by atoms with Gasteiger partial charge < -0.3 is 9.94 Å². The van der Waals surface area contributed by atoms with E-state index in [1.807, 2.05) is 6.07 Å². The second-order valence-corrected chi connectivity index (χ2v) is 2.61. The second kappa shape index (κ2) is 3.67. The van der Waals surface area contributed by atoms with Crippen LogP contribution < -0.4 is 9.64 Å². The number of nitrogens with zero attached hydrogens (tertiary/aromatic N) is 3. The van der Waals surface area contributed by atoms with Crippen molar-refractivity contribution in [1.82, 2.24) is 5.16 Å². The molecule has 1 heterocycles. The van der Waals surface area contributed by atoms with Gasteiger partial charge in [0, 0.05) is 0 Å². The molecule has 0 saturated carbocycles. The Morgan fingerprint density at radius 1 is 1.40 bits per heavy atom. The third-order valence-corrected chi connectivity index (χ3v) is 1.65. The molecule has 0 aliphatic rings. The molecule has 2 rings (SSSR count). The van der Waals surface area contributed by atoms with Crippen LogP contribution in [-0.4, -0.2) is 5.16 Å². The number of rotatable bonds is 2. The molecule has 2 aromatic rings. The molecule has 0 bridgehead atoms. The van der Waals surface area contributed by atoms with Crippen molar-refractivity contribution in [2.24, 2.45) is 0 Å². The summed E-state index contributed by atoms with van der Waals surface area (Å²) in [6.45, 7) is 0. The van der Waals surface area contributed by atoms with Gasteiger partial charge in [-0.15, -0.1) is 0 Å². The molecule has 0 radical (unpaired) electrons. The fourth-order valence-corrected chi connectivity index (χ4v) is 0.992. The normalized spacial score (nSPS) is 9.53. The third-order valence-electron chi connectivity index (χ3n) is 1.65. The van der Waals surface area contributed by atoms with Gasteiger partial charge >= 0.3 is 11.6 Å². The lowest BCUT2D eigenvalue weighted by Crippen LogP contribution is -2.26. The first-order chi connectivity index (χ1) is 7.31. The highest BCUT2D eigenvalue weighted by atomic mass is 16.8. The van der Waals surface area contributed by atoms with Gasteiger partial charge in [-0.05, 0) is 17.0 Å². The van der Waals surface area contributed by atoms with Crippen molar-refractivity contribution in [2.75, 3.05) is 0 Å². The molecule has 6 heteroatoms. The molecule has 0 aliphatic carbocycles. The first kappa shape index (κ1) is 9.02. The Bertz CT molecular complexity index is 501. The van der Waals surface area contributed by atoms with Gasteiger partial charge in [-0.2, -0.15) is 5.26 Å². The summed E-state index contributed by atoms with van der Waals surface area (Å²) < 4.78 is 9.40. The minimum absolute atomic E-state index is 0.00171. The highest BCUT2D eigenvalue weighted by Crippen LogP contribution is 2.19. The van der Waals surface area contributed by atoms with Gasteiger partial charge in [0.25, 0.3) is 0 Å². The Labute approximate surface area is 84.5 Å². The van der Waals surface area contributed by atoms with Gasteiger partial charge in [0.1, 0.15) is 5.75 Å². The monoisotopic (exact) mass is 203 g/mol. The van der Waals surface area contributed by atoms with Gasteiger partial charge in [-0.25, -0.2) is 0 Å². The molecule has 0 aliphatic heterocycles. The molecule has 0 saturated heterocycles. The quantitative estimate of drug-likeness (QED) is 0.679. The summed E-state index contributed by atoms with van der Waals surface area (Å²) in [6, 6.07) is 10.3. The van der Waals surface area contributed by atoms with E-state index in [1.165, 1.54) is 0 Å². The molecular formula is C9H5N3O3. The summed E-state index contributed by atoms with van der Waals surface area (Å²) in [5, 5.41) is 22.8. The van der Waals surface area contributed by atoms with Crippen LogP contribution in [0.3, 0.4) is 0 Å². The molecule has 1 aromatic carbocycles. The number of aromatic nitrogens is 2. The average Bonchev–Trinajstić information content (AvgIpc) is 2.61. The van der Waals surface area contributed by atoms with Crippen LogP contribution in [0.25, 0.3) is 0 Å². The van der Waals surface area contributed by atoms with Crippen LogP contribution in [0.4, 0.5) is 0 Å². The molecule has 6 nitrogen and oxygen atoms in total. The zero-order valence-electron chi connectivity index (χ0n) is 7.45. The lowest BCUT2D eigenvalue weighted by atomic mass is 10.3. The molecule has 1 aromatic heterocycles. The van der Waals surface area contributed by atoms with Crippen LogP contribution in [0.5, 0.6) is 11.6 Å². The predicted octanol–water partition coefficient (Wildman–Crippen LogP) is 0.972. The Hall–Kier alpha value is -2.55. The van der Waals surface area contributed by atoms with E-state index in [0.717, 1.165) is 0 Å². The molecule has 0 spiro atoms. The number of hydrogen-bond donors (Lipinski definition) is 0. The van der Waals surface area contributed by atoms with Crippen molar-refractivity contribution in [3.63, 3.8) is 0 Å². The maximum atomic E-state index is 10.8. The Kier molecular flexibility index (Phi) is 2.21. The maximum absolute atomic E-state index is 10.8. The van der Waals surface area contributed by atoms with E-state index in [0.29, 0.717) is 5.75 Å². The van der Waals surface area contributed by atoms with Crippen LogP contribution in [0.1, 0.15) is 5.69 Å². The SMILES string of the molecule is N#Cc1c(Oc2ccccc2)no[n+]1[O-]. The summed E-state index contributed by atoms with van der Waals surface area (Å²) in [4.78, 5) is -0.00171. The van der Waals surface area contributed by atoms with E-state index in [2.05, 4.69) is 9.79 Å². The van der Waals surface area contributed by atoms with Gasteiger partial charge in [0.15, 0.2) is 6.07 Å². The number of para-hydroxylation sites is 1. The molecule has 0 N–H and O–H groups in total. The Morgan fingerprint density at radius 2 is 2.13 bits per heavy atom. The molecule has 0 atom stereocenters. The van der Waals surface area contributed by atoms with Gasteiger partial charge in [0.05, 0.1) is 5.16 Å². The van der Waals surface area contributed by atoms with E-state index in [9.17, 15) is 5.21 Å². The van der Waals surface area contributed by atoms with E-state index in [-0.39, 0.29) is 16.5 Å². The summed E-state index contributed by atoms with van der Waals surface area (Å²) >= 11 is 0. The largest absolute Gasteiger partial charge is 0.419 e. The first-order valence-corrected chi connectivity index (χ1v) is 4.04. The zero-order chi connectivity index (χ0) is 10.7. The summed E-state index contributed by atoms with van der Waals surface area (Å²) in [5.41, 5.74) is -0.307. The highest BCUT2D eigenvalue weighted by Gasteiger charge is 2.20. The smallest absolute Gasteiger partial charge is 0.415 e.